The van der Waals surface area contributed by atoms with Crippen LogP contribution in [0.1, 0.15) is 37.7 Å². The monoisotopic (exact) mass is 264 g/mol. The number of rotatable bonds is 9. The lowest BCUT2D eigenvalue weighted by atomic mass is 10.1. The molecule has 0 aliphatic heterocycles. The van der Waals surface area contributed by atoms with Gasteiger partial charge in [-0.05, 0) is 37.1 Å². The van der Waals surface area contributed by atoms with Gasteiger partial charge in [-0.2, -0.15) is 0 Å². The first-order valence-corrected chi connectivity index (χ1v) is 6.86. The minimum absolute atomic E-state index is 0.107. The van der Waals surface area contributed by atoms with Gasteiger partial charge in [0.1, 0.15) is 5.75 Å². The molecule has 1 amide bonds. The van der Waals surface area contributed by atoms with Gasteiger partial charge in [0.2, 0.25) is 5.91 Å². The van der Waals surface area contributed by atoms with Gasteiger partial charge >= 0.3 is 0 Å². The standard InChI is InChI=1S/C15H24N2O2/c1-19-14-8-6-7-13(11-14)12-17-15(18)9-4-2-3-5-10-16/h6-8,11H,2-5,9-10,12,16H2,1H3,(H,17,18). The summed E-state index contributed by atoms with van der Waals surface area (Å²) in [5.41, 5.74) is 6.47. The number of unbranched alkanes of at least 4 members (excludes halogenated alkanes) is 3. The largest absolute Gasteiger partial charge is 0.497 e. The van der Waals surface area contributed by atoms with Crippen molar-refractivity contribution in [2.24, 2.45) is 5.73 Å². The molecule has 0 spiro atoms. The van der Waals surface area contributed by atoms with E-state index in [-0.39, 0.29) is 5.91 Å². The number of nitrogens with two attached hydrogens (primary N) is 1. The van der Waals surface area contributed by atoms with Gasteiger partial charge in [0.05, 0.1) is 7.11 Å². The molecular weight excluding hydrogens is 240 g/mol. The van der Waals surface area contributed by atoms with E-state index in [0.29, 0.717) is 13.0 Å². The zero-order chi connectivity index (χ0) is 13.9. The highest BCUT2D eigenvalue weighted by Crippen LogP contribution is 2.12. The third-order valence-electron chi connectivity index (χ3n) is 2.98. The molecule has 0 saturated heterocycles. The van der Waals surface area contributed by atoms with E-state index in [1.54, 1.807) is 7.11 Å². The van der Waals surface area contributed by atoms with Gasteiger partial charge in [-0.25, -0.2) is 0 Å². The molecule has 0 atom stereocenters. The molecule has 0 unspecified atom stereocenters. The van der Waals surface area contributed by atoms with E-state index in [1.807, 2.05) is 24.3 Å². The minimum atomic E-state index is 0.107. The number of carbonyl (C=O) groups is 1. The van der Waals surface area contributed by atoms with Crippen LogP contribution >= 0.6 is 0 Å². The van der Waals surface area contributed by atoms with E-state index in [0.717, 1.165) is 43.5 Å². The summed E-state index contributed by atoms with van der Waals surface area (Å²) >= 11 is 0. The third kappa shape index (κ3) is 6.82. The van der Waals surface area contributed by atoms with Crippen molar-refractivity contribution >= 4 is 5.91 Å². The second-order valence-corrected chi connectivity index (χ2v) is 4.58. The number of ether oxygens (including phenoxy) is 1. The number of hydrogen-bond donors (Lipinski definition) is 2. The molecule has 1 aromatic carbocycles. The van der Waals surface area contributed by atoms with E-state index in [9.17, 15) is 4.79 Å². The average Bonchev–Trinajstić information content (AvgIpc) is 2.45. The Morgan fingerprint density at radius 1 is 1.26 bits per heavy atom. The van der Waals surface area contributed by atoms with Gasteiger partial charge < -0.3 is 15.8 Å². The van der Waals surface area contributed by atoms with Gasteiger partial charge in [-0.3, -0.25) is 4.79 Å². The molecule has 0 bridgehead atoms. The Morgan fingerprint density at radius 2 is 2.05 bits per heavy atom. The number of nitrogens with one attached hydrogen (secondary N) is 1. The SMILES string of the molecule is COc1cccc(CNC(=O)CCCCCCN)c1. The van der Waals surface area contributed by atoms with Crippen molar-refractivity contribution in [3.05, 3.63) is 29.8 Å². The fraction of sp³-hybridized carbons (Fsp3) is 0.533. The van der Waals surface area contributed by atoms with Crippen LogP contribution in [0, 0.1) is 0 Å². The Hall–Kier alpha value is -1.55. The lowest BCUT2D eigenvalue weighted by molar-refractivity contribution is -0.121. The lowest BCUT2D eigenvalue weighted by Gasteiger charge is -2.07. The highest BCUT2D eigenvalue weighted by Gasteiger charge is 2.02. The fourth-order valence-corrected chi connectivity index (χ4v) is 1.85. The highest BCUT2D eigenvalue weighted by atomic mass is 16.5. The Bertz CT molecular complexity index is 380. The molecule has 0 aromatic heterocycles. The number of amides is 1. The van der Waals surface area contributed by atoms with Crippen LogP contribution in [-0.4, -0.2) is 19.6 Å². The number of benzene rings is 1. The van der Waals surface area contributed by atoms with Gasteiger partial charge in [0.15, 0.2) is 0 Å². The molecule has 3 N–H and O–H groups in total. The smallest absolute Gasteiger partial charge is 0.220 e. The predicted molar refractivity (Wildman–Crippen MR) is 77.0 cm³/mol. The van der Waals surface area contributed by atoms with Crippen molar-refractivity contribution in [1.82, 2.24) is 5.32 Å². The number of methoxy groups -OCH3 is 1. The Labute approximate surface area is 115 Å². The second kappa shape index (κ2) is 9.39. The van der Waals surface area contributed by atoms with E-state index >= 15 is 0 Å². The van der Waals surface area contributed by atoms with Crippen molar-refractivity contribution in [1.29, 1.82) is 0 Å². The van der Waals surface area contributed by atoms with Gasteiger partial charge in [0.25, 0.3) is 0 Å². The lowest BCUT2D eigenvalue weighted by Crippen LogP contribution is -2.22. The molecule has 1 aromatic rings. The summed E-state index contributed by atoms with van der Waals surface area (Å²) in [5.74, 6) is 0.920. The normalized spacial score (nSPS) is 10.2. The van der Waals surface area contributed by atoms with Crippen molar-refractivity contribution in [3.8, 4) is 5.75 Å². The molecule has 0 saturated carbocycles. The molecule has 1 rings (SSSR count). The van der Waals surface area contributed by atoms with Gasteiger partial charge in [-0.1, -0.05) is 25.0 Å². The molecule has 106 valence electrons. The summed E-state index contributed by atoms with van der Waals surface area (Å²) in [5, 5.41) is 2.92. The fourth-order valence-electron chi connectivity index (χ4n) is 1.85. The van der Waals surface area contributed by atoms with E-state index in [4.69, 9.17) is 10.5 Å². The van der Waals surface area contributed by atoms with Crippen molar-refractivity contribution in [2.45, 2.75) is 38.6 Å². The molecule has 0 fully saturated rings. The third-order valence-corrected chi connectivity index (χ3v) is 2.98. The topological polar surface area (TPSA) is 64.3 Å². The van der Waals surface area contributed by atoms with Crippen molar-refractivity contribution in [2.75, 3.05) is 13.7 Å². The molecule has 0 heterocycles. The van der Waals surface area contributed by atoms with Gasteiger partial charge in [-0.15, -0.1) is 0 Å². The first-order chi connectivity index (χ1) is 9.26. The van der Waals surface area contributed by atoms with Crippen LogP contribution in [-0.2, 0) is 11.3 Å². The first-order valence-electron chi connectivity index (χ1n) is 6.86. The van der Waals surface area contributed by atoms with Crippen LogP contribution in [0.4, 0.5) is 0 Å². The molecule has 0 aliphatic carbocycles. The molecule has 4 nitrogen and oxygen atoms in total. The molecule has 19 heavy (non-hydrogen) atoms. The predicted octanol–water partition coefficient (Wildman–Crippen LogP) is 2.22. The van der Waals surface area contributed by atoms with Crippen molar-refractivity contribution in [3.63, 3.8) is 0 Å². The Balaban J connectivity index is 2.18. The van der Waals surface area contributed by atoms with Gasteiger partial charge in [0, 0.05) is 13.0 Å². The molecule has 4 heteroatoms. The van der Waals surface area contributed by atoms with E-state index < -0.39 is 0 Å². The van der Waals surface area contributed by atoms with Crippen LogP contribution in [0.25, 0.3) is 0 Å². The van der Waals surface area contributed by atoms with Crippen molar-refractivity contribution < 1.29 is 9.53 Å². The van der Waals surface area contributed by atoms with Crippen LogP contribution < -0.4 is 15.8 Å². The summed E-state index contributed by atoms with van der Waals surface area (Å²) in [7, 11) is 1.64. The summed E-state index contributed by atoms with van der Waals surface area (Å²) in [6.07, 6.45) is 4.76. The zero-order valence-electron chi connectivity index (χ0n) is 11.7. The highest BCUT2D eigenvalue weighted by molar-refractivity contribution is 5.75. The van der Waals surface area contributed by atoms with Crippen LogP contribution in [0.3, 0.4) is 0 Å². The maximum Gasteiger partial charge on any atom is 0.220 e. The Kier molecular flexibility index (Phi) is 7.66. The summed E-state index contributed by atoms with van der Waals surface area (Å²) in [4.78, 5) is 11.6. The molecular formula is C15H24N2O2. The van der Waals surface area contributed by atoms with E-state index in [2.05, 4.69) is 5.32 Å². The van der Waals surface area contributed by atoms with E-state index in [1.165, 1.54) is 0 Å². The second-order valence-electron chi connectivity index (χ2n) is 4.58. The summed E-state index contributed by atoms with van der Waals surface area (Å²) in [6.45, 7) is 1.29. The first kappa shape index (κ1) is 15.5. The summed E-state index contributed by atoms with van der Waals surface area (Å²) < 4.78 is 5.14. The molecule has 0 radical (unpaired) electrons. The quantitative estimate of drug-likeness (QED) is 0.672. The average molecular weight is 264 g/mol. The maximum absolute atomic E-state index is 11.6. The zero-order valence-corrected chi connectivity index (χ0v) is 11.7. The maximum atomic E-state index is 11.6. The minimum Gasteiger partial charge on any atom is -0.497 e. The number of carbonyl (C=O) groups excluding carboxylic acids is 1. The molecule has 0 aliphatic rings. The Morgan fingerprint density at radius 3 is 2.79 bits per heavy atom. The summed E-state index contributed by atoms with van der Waals surface area (Å²) in [6, 6.07) is 7.72. The number of hydrogen-bond acceptors (Lipinski definition) is 3. The van der Waals surface area contributed by atoms with Crippen LogP contribution in [0.5, 0.6) is 5.75 Å². The van der Waals surface area contributed by atoms with Crippen LogP contribution in [0.15, 0.2) is 24.3 Å². The van der Waals surface area contributed by atoms with Crippen LogP contribution in [0.2, 0.25) is 0 Å².